The van der Waals surface area contributed by atoms with E-state index in [0.29, 0.717) is 12.4 Å². The Hall–Kier alpha value is -2.90. The Kier molecular flexibility index (Phi) is 6.43. The third-order valence-electron chi connectivity index (χ3n) is 5.01. The summed E-state index contributed by atoms with van der Waals surface area (Å²) in [5, 5.41) is 7.89. The van der Waals surface area contributed by atoms with Crippen molar-refractivity contribution >= 4 is 28.9 Å². The van der Waals surface area contributed by atoms with Crippen molar-refractivity contribution in [3.05, 3.63) is 72.4 Å². The molecule has 7 heteroatoms. The molecule has 0 aliphatic carbocycles. The zero-order valence-electron chi connectivity index (χ0n) is 17.7. The van der Waals surface area contributed by atoms with E-state index in [9.17, 15) is 4.79 Å². The molecule has 1 aliphatic rings. The van der Waals surface area contributed by atoms with E-state index in [1.807, 2.05) is 94.7 Å². The predicted molar refractivity (Wildman–Crippen MR) is 124 cm³/mol. The molecular formula is C23H28N4O2S. The number of nitrogens with zero attached hydrogens (tertiary/aromatic N) is 1. The van der Waals surface area contributed by atoms with Gasteiger partial charge < -0.3 is 20.4 Å². The number of ether oxygens (including phenoxy) is 1. The lowest BCUT2D eigenvalue weighted by atomic mass is 9.73. The zero-order chi connectivity index (χ0) is 21.8. The summed E-state index contributed by atoms with van der Waals surface area (Å²) in [4.78, 5) is 13.1. The van der Waals surface area contributed by atoms with Crippen LogP contribution in [0.15, 0.2) is 66.9 Å². The number of hydrogen-bond donors (Lipinski definition) is 3. The van der Waals surface area contributed by atoms with Crippen LogP contribution >= 0.6 is 12.2 Å². The smallest absolute Gasteiger partial charge is 0.252 e. The summed E-state index contributed by atoms with van der Waals surface area (Å²) in [6.45, 7) is 6.50. The first-order valence-corrected chi connectivity index (χ1v) is 10.2. The van der Waals surface area contributed by atoms with Gasteiger partial charge in [-0.1, -0.05) is 57.2 Å². The number of rotatable bonds is 5. The third kappa shape index (κ3) is 4.98. The second-order valence-electron chi connectivity index (χ2n) is 8.31. The van der Waals surface area contributed by atoms with Gasteiger partial charge in [-0.3, -0.25) is 4.79 Å². The molecule has 1 aliphatic heterocycles. The van der Waals surface area contributed by atoms with Crippen LogP contribution in [-0.2, 0) is 11.4 Å². The van der Waals surface area contributed by atoms with Gasteiger partial charge in [-0.05, 0) is 41.4 Å². The fourth-order valence-corrected chi connectivity index (χ4v) is 3.44. The minimum atomic E-state index is -0.895. The van der Waals surface area contributed by atoms with Gasteiger partial charge in [-0.25, -0.2) is 5.43 Å². The number of hydrazine groups is 1. The van der Waals surface area contributed by atoms with Crippen molar-refractivity contribution in [2.75, 3.05) is 12.4 Å². The molecule has 3 N–H and O–H groups in total. The van der Waals surface area contributed by atoms with Gasteiger partial charge in [-0.2, -0.15) is 0 Å². The largest absolute Gasteiger partial charge is 0.489 e. The molecule has 0 saturated carbocycles. The van der Waals surface area contributed by atoms with E-state index in [1.54, 1.807) is 5.01 Å². The molecule has 2 aromatic rings. The Bertz CT molecular complexity index is 940. The van der Waals surface area contributed by atoms with E-state index in [0.717, 1.165) is 11.3 Å². The number of thiocarbonyl (C=S) groups is 1. The first kappa shape index (κ1) is 21.8. The first-order chi connectivity index (χ1) is 14.2. The minimum absolute atomic E-state index is 0.218. The highest BCUT2D eigenvalue weighted by molar-refractivity contribution is 7.80. The molecule has 1 amide bonds. The van der Waals surface area contributed by atoms with Gasteiger partial charge in [0, 0.05) is 25.0 Å². The average molecular weight is 425 g/mol. The minimum Gasteiger partial charge on any atom is -0.489 e. The van der Waals surface area contributed by atoms with Gasteiger partial charge >= 0.3 is 0 Å². The van der Waals surface area contributed by atoms with Crippen molar-refractivity contribution in [1.29, 1.82) is 0 Å². The van der Waals surface area contributed by atoms with Crippen molar-refractivity contribution < 1.29 is 9.53 Å². The van der Waals surface area contributed by atoms with E-state index in [4.69, 9.17) is 17.0 Å². The van der Waals surface area contributed by atoms with Crippen LogP contribution in [0, 0.1) is 5.41 Å². The number of benzene rings is 2. The van der Waals surface area contributed by atoms with Crippen LogP contribution in [0.3, 0.4) is 0 Å². The van der Waals surface area contributed by atoms with Crippen LogP contribution in [0.25, 0.3) is 0 Å². The van der Waals surface area contributed by atoms with Gasteiger partial charge in [0.05, 0.1) is 0 Å². The summed E-state index contributed by atoms with van der Waals surface area (Å²) in [5.41, 5.74) is 3.79. The molecule has 0 saturated heterocycles. The van der Waals surface area contributed by atoms with Crippen molar-refractivity contribution in [2.45, 2.75) is 32.9 Å². The molecule has 1 atom stereocenters. The Balaban J connectivity index is 1.62. The number of anilines is 1. The molecule has 30 heavy (non-hydrogen) atoms. The second kappa shape index (κ2) is 8.85. The maximum absolute atomic E-state index is 13.1. The number of nitrogens with one attached hydrogen (secondary N) is 3. The van der Waals surface area contributed by atoms with Gasteiger partial charge in [0.15, 0.2) is 5.11 Å². The number of amides is 1. The van der Waals surface area contributed by atoms with E-state index in [2.05, 4.69) is 16.1 Å². The van der Waals surface area contributed by atoms with Crippen molar-refractivity contribution in [1.82, 2.24) is 15.8 Å². The second-order valence-corrected chi connectivity index (χ2v) is 8.72. The summed E-state index contributed by atoms with van der Waals surface area (Å²) >= 11 is 5.38. The molecule has 0 spiro atoms. The number of carbonyl (C=O) groups excluding carboxylic acids is 1. The standard InChI is InChI=1S/C23H28N4O2S/c1-22(2,3)23(13-14-27(4)26-23)20(28)25-21(30)24-18-11-8-12-19(15-18)29-16-17-9-6-5-7-10-17/h5-15,26H,16H2,1-4H3,(H2,24,25,28,30). The Labute approximate surface area is 183 Å². The number of carbonyl (C=O) groups is 1. The highest BCUT2D eigenvalue weighted by Gasteiger charge is 2.49. The Morgan fingerprint density at radius 3 is 2.53 bits per heavy atom. The Morgan fingerprint density at radius 1 is 1.17 bits per heavy atom. The molecule has 158 valence electrons. The summed E-state index contributed by atoms with van der Waals surface area (Å²) in [7, 11) is 1.86. The lowest BCUT2D eigenvalue weighted by molar-refractivity contribution is -0.129. The summed E-state index contributed by atoms with van der Waals surface area (Å²) in [6, 6.07) is 17.4. The lowest BCUT2D eigenvalue weighted by Gasteiger charge is -2.39. The fraction of sp³-hybridized carbons (Fsp3) is 0.304. The molecule has 6 nitrogen and oxygen atoms in total. The molecule has 0 fully saturated rings. The molecule has 0 bridgehead atoms. The predicted octanol–water partition coefficient (Wildman–Crippen LogP) is 3.83. The zero-order valence-corrected chi connectivity index (χ0v) is 18.5. The van der Waals surface area contributed by atoms with Crippen LogP contribution in [0.1, 0.15) is 26.3 Å². The topological polar surface area (TPSA) is 65.6 Å². The van der Waals surface area contributed by atoms with Crippen LogP contribution in [0.2, 0.25) is 0 Å². The van der Waals surface area contributed by atoms with Crippen LogP contribution < -0.4 is 20.8 Å². The van der Waals surface area contributed by atoms with Gasteiger partial charge in [0.25, 0.3) is 5.91 Å². The maximum Gasteiger partial charge on any atom is 0.252 e. The SMILES string of the molecule is CN1C=CC(C(=O)NC(=S)Nc2cccc(OCc3ccccc3)c2)(C(C)(C)C)N1. The van der Waals surface area contributed by atoms with Crippen molar-refractivity contribution in [2.24, 2.45) is 5.41 Å². The van der Waals surface area contributed by atoms with Gasteiger partial charge in [0.2, 0.25) is 0 Å². The van der Waals surface area contributed by atoms with Gasteiger partial charge in [0.1, 0.15) is 17.9 Å². The van der Waals surface area contributed by atoms with Crippen LogP contribution in [0.4, 0.5) is 5.69 Å². The molecule has 2 aromatic carbocycles. The molecule has 3 rings (SSSR count). The third-order valence-corrected chi connectivity index (χ3v) is 5.21. The highest BCUT2D eigenvalue weighted by Crippen LogP contribution is 2.35. The molecular weight excluding hydrogens is 396 g/mol. The first-order valence-electron chi connectivity index (χ1n) is 9.79. The van der Waals surface area contributed by atoms with Crippen LogP contribution in [0.5, 0.6) is 5.75 Å². The monoisotopic (exact) mass is 424 g/mol. The summed E-state index contributed by atoms with van der Waals surface area (Å²) in [5.74, 6) is 0.496. The van der Waals surface area contributed by atoms with E-state index in [-0.39, 0.29) is 16.4 Å². The fourth-order valence-electron chi connectivity index (χ4n) is 3.23. The highest BCUT2D eigenvalue weighted by atomic mass is 32.1. The summed E-state index contributed by atoms with van der Waals surface area (Å²) in [6.07, 6.45) is 3.71. The molecule has 1 unspecified atom stereocenters. The molecule has 1 heterocycles. The lowest BCUT2D eigenvalue weighted by Crippen LogP contribution is -2.64. The van der Waals surface area contributed by atoms with Crippen molar-refractivity contribution in [3.8, 4) is 5.75 Å². The van der Waals surface area contributed by atoms with Gasteiger partial charge in [-0.15, -0.1) is 0 Å². The Morgan fingerprint density at radius 2 is 1.90 bits per heavy atom. The maximum atomic E-state index is 13.1. The van der Waals surface area contributed by atoms with E-state index >= 15 is 0 Å². The van der Waals surface area contributed by atoms with E-state index < -0.39 is 5.54 Å². The van der Waals surface area contributed by atoms with E-state index in [1.165, 1.54) is 0 Å². The van der Waals surface area contributed by atoms with Crippen molar-refractivity contribution in [3.63, 3.8) is 0 Å². The normalized spacial score (nSPS) is 18.2. The molecule has 0 aromatic heterocycles. The average Bonchev–Trinajstić information content (AvgIpc) is 3.11. The quantitative estimate of drug-likeness (QED) is 0.634. The van der Waals surface area contributed by atoms with Crippen LogP contribution in [-0.4, -0.2) is 28.6 Å². The number of hydrogen-bond acceptors (Lipinski definition) is 5. The summed E-state index contributed by atoms with van der Waals surface area (Å²) < 4.78 is 5.85. The molecule has 0 radical (unpaired) electrons.